The first-order valence-corrected chi connectivity index (χ1v) is 5.04. The summed E-state index contributed by atoms with van der Waals surface area (Å²) in [6, 6.07) is 6.31. The minimum Gasteiger partial charge on any atom is -0.454 e. The average Bonchev–Trinajstić information content (AvgIpc) is 2.72. The number of hydrogen-bond acceptors (Lipinski definition) is 3. The molecule has 1 heterocycles. The molecule has 0 aliphatic carbocycles. The fourth-order valence-corrected chi connectivity index (χ4v) is 1.37. The predicted octanol–water partition coefficient (Wildman–Crippen LogP) is 2.04. The zero-order chi connectivity index (χ0) is 10.7. The van der Waals surface area contributed by atoms with Gasteiger partial charge in [0.05, 0.1) is 0 Å². The molecule has 0 radical (unpaired) electrons. The highest BCUT2D eigenvalue weighted by Gasteiger charge is 2.11. The molecule has 0 fully saturated rings. The van der Waals surface area contributed by atoms with Crippen molar-refractivity contribution < 1.29 is 9.47 Å². The van der Waals surface area contributed by atoms with Crippen molar-refractivity contribution in [3.63, 3.8) is 0 Å². The third-order valence-electron chi connectivity index (χ3n) is 2.43. The van der Waals surface area contributed by atoms with E-state index >= 15 is 0 Å². The SMILES string of the molecule is CNC(C)/C=C/c1ccc2c(c1)OCO2. The highest BCUT2D eigenvalue weighted by Crippen LogP contribution is 2.32. The summed E-state index contributed by atoms with van der Waals surface area (Å²) in [7, 11) is 1.94. The van der Waals surface area contributed by atoms with Crippen molar-refractivity contribution in [2.24, 2.45) is 0 Å². The van der Waals surface area contributed by atoms with E-state index in [1.807, 2.05) is 25.2 Å². The Labute approximate surface area is 89.7 Å². The first-order chi connectivity index (χ1) is 7.29. The smallest absolute Gasteiger partial charge is 0.231 e. The molecular formula is C12H15NO2. The summed E-state index contributed by atoms with van der Waals surface area (Å²) in [6.45, 7) is 2.43. The largest absolute Gasteiger partial charge is 0.454 e. The maximum Gasteiger partial charge on any atom is 0.231 e. The van der Waals surface area contributed by atoms with Gasteiger partial charge in [-0.15, -0.1) is 0 Å². The molecule has 0 bridgehead atoms. The molecule has 2 rings (SSSR count). The van der Waals surface area contributed by atoms with Crippen LogP contribution in [0.4, 0.5) is 0 Å². The maximum atomic E-state index is 5.30. The predicted molar refractivity (Wildman–Crippen MR) is 60.1 cm³/mol. The van der Waals surface area contributed by atoms with Gasteiger partial charge in [-0.25, -0.2) is 0 Å². The van der Waals surface area contributed by atoms with E-state index in [1.54, 1.807) is 0 Å². The van der Waals surface area contributed by atoms with E-state index in [0.29, 0.717) is 12.8 Å². The maximum absolute atomic E-state index is 5.30. The fourth-order valence-electron chi connectivity index (χ4n) is 1.37. The van der Waals surface area contributed by atoms with Crippen LogP contribution in [0.3, 0.4) is 0 Å². The Bertz CT molecular complexity index is 374. The number of nitrogens with one attached hydrogen (secondary N) is 1. The van der Waals surface area contributed by atoms with E-state index in [9.17, 15) is 0 Å². The molecule has 1 aromatic rings. The minimum atomic E-state index is 0.329. The van der Waals surface area contributed by atoms with Crippen LogP contribution in [-0.2, 0) is 0 Å². The van der Waals surface area contributed by atoms with E-state index in [0.717, 1.165) is 17.1 Å². The number of ether oxygens (including phenoxy) is 2. The molecule has 1 aromatic carbocycles. The van der Waals surface area contributed by atoms with Gasteiger partial charge in [0.15, 0.2) is 11.5 Å². The summed E-state index contributed by atoms with van der Waals surface area (Å²) in [5.74, 6) is 1.66. The molecule has 80 valence electrons. The van der Waals surface area contributed by atoms with Crippen molar-refractivity contribution in [3.8, 4) is 11.5 Å². The van der Waals surface area contributed by atoms with Crippen molar-refractivity contribution in [1.82, 2.24) is 5.32 Å². The van der Waals surface area contributed by atoms with Crippen molar-refractivity contribution in [2.75, 3.05) is 13.8 Å². The van der Waals surface area contributed by atoms with Gasteiger partial charge in [0.1, 0.15) is 0 Å². The molecule has 1 atom stereocenters. The second-order valence-electron chi connectivity index (χ2n) is 3.55. The van der Waals surface area contributed by atoms with Gasteiger partial charge in [-0.05, 0) is 31.7 Å². The Morgan fingerprint density at radius 2 is 2.13 bits per heavy atom. The molecule has 1 unspecified atom stereocenters. The molecule has 3 heteroatoms. The first-order valence-electron chi connectivity index (χ1n) is 5.04. The van der Waals surface area contributed by atoms with E-state index in [-0.39, 0.29) is 0 Å². The lowest BCUT2D eigenvalue weighted by atomic mass is 10.1. The lowest BCUT2D eigenvalue weighted by Gasteiger charge is -2.02. The second kappa shape index (κ2) is 4.36. The fraction of sp³-hybridized carbons (Fsp3) is 0.333. The molecule has 1 N–H and O–H groups in total. The summed E-state index contributed by atoms with van der Waals surface area (Å²) in [4.78, 5) is 0. The van der Waals surface area contributed by atoms with Gasteiger partial charge in [0.25, 0.3) is 0 Å². The summed E-state index contributed by atoms with van der Waals surface area (Å²) in [5.41, 5.74) is 1.13. The van der Waals surface area contributed by atoms with Gasteiger partial charge in [-0.3, -0.25) is 0 Å². The molecule has 15 heavy (non-hydrogen) atoms. The molecule has 1 aliphatic heterocycles. The van der Waals surface area contributed by atoms with Gasteiger partial charge in [0, 0.05) is 6.04 Å². The zero-order valence-electron chi connectivity index (χ0n) is 8.99. The highest BCUT2D eigenvalue weighted by molar-refractivity contribution is 5.56. The van der Waals surface area contributed by atoms with Crippen LogP contribution >= 0.6 is 0 Å². The van der Waals surface area contributed by atoms with Crippen LogP contribution in [0.15, 0.2) is 24.3 Å². The molecule has 0 aromatic heterocycles. The average molecular weight is 205 g/mol. The van der Waals surface area contributed by atoms with Crippen LogP contribution in [0.2, 0.25) is 0 Å². The summed E-state index contributed by atoms with van der Waals surface area (Å²) in [5, 5.41) is 3.14. The van der Waals surface area contributed by atoms with Crippen LogP contribution in [0, 0.1) is 0 Å². The van der Waals surface area contributed by atoms with Crippen molar-refractivity contribution in [2.45, 2.75) is 13.0 Å². The molecule has 0 saturated carbocycles. The Hall–Kier alpha value is -1.48. The van der Waals surface area contributed by atoms with E-state index in [2.05, 4.69) is 24.4 Å². The van der Waals surface area contributed by atoms with Gasteiger partial charge in [-0.2, -0.15) is 0 Å². The van der Waals surface area contributed by atoms with Crippen LogP contribution in [0.25, 0.3) is 6.08 Å². The number of benzene rings is 1. The van der Waals surface area contributed by atoms with E-state index in [4.69, 9.17) is 9.47 Å². The van der Waals surface area contributed by atoms with Gasteiger partial charge < -0.3 is 14.8 Å². The van der Waals surface area contributed by atoms with Gasteiger partial charge in [-0.1, -0.05) is 18.2 Å². The molecule has 3 nitrogen and oxygen atoms in total. The third kappa shape index (κ3) is 2.30. The van der Waals surface area contributed by atoms with E-state index < -0.39 is 0 Å². The molecule has 0 saturated heterocycles. The lowest BCUT2D eigenvalue weighted by molar-refractivity contribution is 0.174. The van der Waals surface area contributed by atoms with Crippen molar-refractivity contribution in [1.29, 1.82) is 0 Å². The molecule has 0 amide bonds. The lowest BCUT2D eigenvalue weighted by Crippen LogP contribution is -2.17. The summed E-state index contributed by atoms with van der Waals surface area (Å²) >= 11 is 0. The Morgan fingerprint density at radius 3 is 2.93 bits per heavy atom. The van der Waals surface area contributed by atoms with Crippen LogP contribution in [-0.4, -0.2) is 19.9 Å². The van der Waals surface area contributed by atoms with Crippen molar-refractivity contribution in [3.05, 3.63) is 29.8 Å². The Morgan fingerprint density at radius 1 is 1.33 bits per heavy atom. The monoisotopic (exact) mass is 205 g/mol. The van der Waals surface area contributed by atoms with E-state index in [1.165, 1.54) is 0 Å². The number of hydrogen-bond donors (Lipinski definition) is 1. The summed E-state index contributed by atoms with van der Waals surface area (Å²) in [6.07, 6.45) is 4.18. The Kier molecular flexibility index (Phi) is 2.92. The topological polar surface area (TPSA) is 30.5 Å². The third-order valence-corrected chi connectivity index (χ3v) is 2.43. The van der Waals surface area contributed by atoms with Crippen LogP contribution in [0.1, 0.15) is 12.5 Å². The highest BCUT2D eigenvalue weighted by atomic mass is 16.7. The number of fused-ring (bicyclic) bond motifs is 1. The number of rotatable bonds is 3. The molecule has 1 aliphatic rings. The second-order valence-corrected chi connectivity index (χ2v) is 3.55. The summed E-state index contributed by atoms with van der Waals surface area (Å²) < 4.78 is 10.5. The Balaban J connectivity index is 2.13. The minimum absolute atomic E-state index is 0.329. The van der Waals surface area contributed by atoms with Crippen LogP contribution in [0.5, 0.6) is 11.5 Å². The van der Waals surface area contributed by atoms with Crippen LogP contribution < -0.4 is 14.8 Å². The van der Waals surface area contributed by atoms with Gasteiger partial charge >= 0.3 is 0 Å². The zero-order valence-corrected chi connectivity index (χ0v) is 8.99. The normalized spacial score (nSPS) is 15.9. The van der Waals surface area contributed by atoms with Crippen molar-refractivity contribution >= 4 is 6.08 Å². The molecular weight excluding hydrogens is 190 g/mol. The first kappa shape index (κ1) is 10.1. The van der Waals surface area contributed by atoms with Gasteiger partial charge in [0.2, 0.25) is 6.79 Å². The molecule has 0 spiro atoms. The quantitative estimate of drug-likeness (QED) is 0.819. The standard InChI is InChI=1S/C12H15NO2/c1-9(13-2)3-4-10-5-6-11-12(7-10)15-8-14-11/h3-7,9,13H,8H2,1-2H3/b4-3+. The number of likely N-dealkylation sites (N-methyl/N-ethyl adjacent to an activating group) is 1.